The summed E-state index contributed by atoms with van der Waals surface area (Å²) in [6, 6.07) is 14.8. The van der Waals surface area contributed by atoms with Gasteiger partial charge in [0.15, 0.2) is 0 Å². The van der Waals surface area contributed by atoms with Gasteiger partial charge in [0.1, 0.15) is 0 Å². The van der Waals surface area contributed by atoms with Gasteiger partial charge in [0, 0.05) is 25.3 Å². The largest absolute Gasteiger partial charge is 0.396 e. The van der Waals surface area contributed by atoms with Crippen molar-refractivity contribution >= 4 is 5.91 Å². The van der Waals surface area contributed by atoms with Gasteiger partial charge >= 0.3 is 0 Å². The summed E-state index contributed by atoms with van der Waals surface area (Å²) >= 11 is 0. The van der Waals surface area contributed by atoms with Crippen LogP contribution in [0.5, 0.6) is 0 Å². The maximum atomic E-state index is 11.6. The highest BCUT2D eigenvalue weighted by atomic mass is 16.2. The van der Waals surface area contributed by atoms with Crippen molar-refractivity contribution in [1.82, 2.24) is 10.6 Å². The van der Waals surface area contributed by atoms with E-state index in [2.05, 4.69) is 49.6 Å². The Labute approximate surface area is 241 Å². The van der Waals surface area contributed by atoms with Crippen molar-refractivity contribution in [3.05, 3.63) is 70.3 Å². The van der Waals surface area contributed by atoms with Crippen molar-refractivity contribution in [1.29, 1.82) is 0 Å². The molecule has 0 saturated heterocycles. The van der Waals surface area contributed by atoms with Gasteiger partial charge in [-0.05, 0) is 92.7 Å². The molecular weight excluding hydrogens is 480 g/mol. The molecule has 39 heavy (non-hydrogen) atoms. The quantitative estimate of drug-likeness (QED) is 0.252. The second kappa shape index (κ2) is 22.6. The van der Waals surface area contributed by atoms with Crippen molar-refractivity contribution in [2.75, 3.05) is 26.7 Å². The van der Waals surface area contributed by atoms with Gasteiger partial charge in [0.05, 0.1) is 0 Å². The van der Waals surface area contributed by atoms with Crippen LogP contribution in [-0.4, -0.2) is 37.8 Å². The van der Waals surface area contributed by atoms with Gasteiger partial charge in [0.2, 0.25) is 0 Å². The van der Waals surface area contributed by atoms with E-state index >= 15 is 0 Å². The fraction of sp³-hybridized carbons (Fsp3) is 0.629. The first-order valence-electron chi connectivity index (χ1n) is 15.6. The van der Waals surface area contributed by atoms with Crippen LogP contribution in [0.2, 0.25) is 0 Å². The zero-order chi connectivity index (χ0) is 29.6. The van der Waals surface area contributed by atoms with E-state index in [0.717, 1.165) is 49.4 Å². The van der Waals surface area contributed by atoms with Crippen molar-refractivity contribution in [3.63, 3.8) is 0 Å². The molecule has 1 aliphatic rings. The van der Waals surface area contributed by atoms with Crippen molar-refractivity contribution < 1.29 is 9.90 Å². The average Bonchev–Trinajstić information content (AvgIpc) is 2.97. The van der Waals surface area contributed by atoms with Crippen LogP contribution in [0.25, 0.3) is 0 Å². The second-order valence-corrected chi connectivity index (χ2v) is 10.5. The lowest BCUT2D eigenvalue weighted by atomic mass is 9.80. The van der Waals surface area contributed by atoms with Gasteiger partial charge in [-0.2, -0.15) is 0 Å². The number of aryl methyl sites for hydroxylation is 2. The molecule has 2 atom stereocenters. The first-order chi connectivity index (χ1) is 18.9. The number of aliphatic hydroxyl groups is 1. The molecule has 2 aromatic carbocycles. The first-order valence-corrected chi connectivity index (χ1v) is 15.6. The smallest absolute Gasteiger partial charge is 0.251 e. The highest BCUT2D eigenvalue weighted by Gasteiger charge is 2.19. The molecule has 0 spiro atoms. The number of carbonyl (C=O) groups excluding carboxylic acids is 1. The van der Waals surface area contributed by atoms with E-state index in [-0.39, 0.29) is 5.91 Å². The first kappa shape index (κ1) is 36.8. The monoisotopic (exact) mass is 540 g/mol. The van der Waals surface area contributed by atoms with E-state index in [0.29, 0.717) is 18.4 Å². The topological polar surface area (TPSA) is 61.4 Å². The maximum Gasteiger partial charge on any atom is 0.251 e. The van der Waals surface area contributed by atoms with Crippen LogP contribution in [0, 0.1) is 18.8 Å². The van der Waals surface area contributed by atoms with Crippen molar-refractivity contribution in [2.24, 2.45) is 11.8 Å². The van der Waals surface area contributed by atoms with E-state index in [9.17, 15) is 4.79 Å². The Kier molecular flexibility index (Phi) is 21.4. The van der Waals surface area contributed by atoms with Gasteiger partial charge < -0.3 is 15.7 Å². The molecule has 4 nitrogen and oxygen atoms in total. The minimum atomic E-state index is 0.0161. The van der Waals surface area contributed by atoms with Gasteiger partial charge in [-0.1, -0.05) is 97.2 Å². The van der Waals surface area contributed by atoms with E-state index in [1.165, 1.54) is 31.2 Å². The lowest BCUT2D eigenvalue weighted by Gasteiger charge is -2.25. The van der Waals surface area contributed by atoms with E-state index in [4.69, 9.17) is 5.11 Å². The molecule has 3 rings (SSSR count). The number of hydrogen-bond donors (Lipinski definition) is 3. The molecule has 0 aromatic heterocycles. The minimum Gasteiger partial charge on any atom is -0.396 e. The molecule has 2 aromatic rings. The standard InChI is InChI=1S/C19H31NO.C12H17NO.2C2H6/c1-3-15-7-8-17-13-18(10-9-16(17)12-15)19(14-20-2)6-4-5-11-21;1-9(2)8-13-12(14)11-6-4-5-10(3)7-11;2*1-2/h9-10,13,15,19-21H,3-8,11-12,14H2,1-2H3;4-7,9H,8H2,1-3H3,(H,13,14);2*1-2H3/t15?,19-;;;/m0.../s1. The molecule has 0 aliphatic heterocycles. The average molecular weight is 541 g/mol. The number of hydrogen-bond acceptors (Lipinski definition) is 3. The second-order valence-electron chi connectivity index (χ2n) is 10.5. The number of fused-ring (bicyclic) bond motifs is 1. The molecule has 1 amide bonds. The summed E-state index contributed by atoms with van der Waals surface area (Å²) in [6.07, 6.45) is 8.38. The Balaban J connectivity index is 0.000000698. The Bertz CT molecular complexity index is 894. The van der Waals surface area contributed by atoms with Crippen molar-refractivity contribution in [2.45, 2.75) is 106 Å². The molecule has 0 saturated carbocycles. The van der Waals surface area contributed by atoms with E-state index < -0.39 is 0 Å². The Morgan fingerprint density at radius 1 is 1.00 bits per heavy atom. The molecule has 0 heterocycles. The van der Waals surface area contributed by atoms with Crippen molar-refractivity contribution in [3.8, 4) is 0 Å². The van der Waals surface area contributed by atoms with Gasteiger partial charge in [-0.25, -0.2) is 0 Å². The van der Waals surface area contributed by atoms with E-state index in [1.54, 1.807) is 11.1 Å². The summed E-state index contributed by atoms with van der Waals surface area (Å²) in [4.78, 5) is 11.6. The Morgan fingerprint density at radius 3 is 2.31 bits per heavy atom. The number of aliphatic hydroxyl groups excluding tert-OH is 1. The molecule has 0 fully saturated rings. The molecule has 0 bridgehead atoms. The number of nitrogens with one attached hydrogen (secondary N) is 2. The number of benzene rings is 2. The lowest BCUT2D eigenvalue weighted by Crippen LogP contribution is -2.27. The van der Waals surface area contributed by atoms with Gasteiger partial charge in [0.25, 0.3) is 5.91 Å². The normalized spacial score (nSPS) is 14.4. The summed E-state index contributed by atoms with van der Waals surface area (Å²) in [5.74, 6) is 1.97. The third-order valence-electron chi connectivity index (χ3n) is 6.97. The summed E-state index contributed by atoms with van der Waals surface area (Å²) < 4.78 is 0. The summed E-state index contributed by atoms with van der Waals surface area (Å²) in [5, 5.41) is 15.2. The van der Waals surface area contributed by atoms with Crippen LogP contribution in [0.3, 0.4) is 0 Å². The minimum absolute atomic E-state index is 0.0161. The number of unbranched alkanes of at least 4 members (excludes halogenated alkanes) is 1. The molecule has 4 heteroatoms. The predicted octanol–water partition coefficient (Wildman–Crippen LogP) is 8.10. The van der Waals surface area contributed by atoms with Gasteiger partial charge in [-0.15, -0.1) is 0 Å². The molecule has 3 N–H and O–H groups in total. The van der Waals surface area contributed by atoms with Crippen LogP contribution in [0.15, 0.2) is 42.5 Å². The van der Waals surface area contributed by atoms with Crippen LogP contribution in [0.1, 0.15) is 119 Å². The maximum absolute atomic E-state index is 11.6. The van der Waals surface area contributed by atoms with Crippen LogP contribution >= 0.6 is 0 Å². The fourth-order valence-electron chi connectivity index (χ4n) is 4.77. The SMILES string of the molecule is CC.CC.CCC1CCc2cc([C@@H](CCCCO)CNC)ccc2C1.Cc1cccc(C(=O)NCC(C)C)c1. The molecule has 1 unspecified atom stereocenters. The highest BCUT2D eigenvalue weighted by Crippen LogP contribution is 2.31. The summed E-state index contributed by atoms with van der Waals surface area (Å²) in [6.45, 7) is 18.5. The molecular formula is C35H60N2O2. The Hall–Kier alpha value is -2.17. The predicted molar refractivity (Wildman–Crippen MR) is 171 cm³/mol. The Morgan fingerprint density at radius 2 is 1.72 bits per heavy atom. The zero-order valence-corrected chi connectivity index (χ0v) is 26.7. The third-order valence-corrected chi connectivity index (χ3v) is 6.97. The third kappa shape index (κ3) is 14.7. The fourth-order valence-corrected chi connectivity index (χ4v) is 4.77. The number of amides is 1. The van der Waals surface area contributed by atoms with Gasteiger partial charge in [-0.3, -0.25) is 4.79 Å². The summed E-state index contributed by atoms with van der Waals surface area (Å²) in [5.41, 5.74) is 6.50. The van der Waals surface area contributed by atoms with Crippen LogP contribution in [-0.2, 0) is 12.8 Å². The number of carbonyl (C=O) groups is 1. The van der Waals surface area contributed by atoms with E-state index in [1.807, 2.05) is 65.9 Å². The zero-order valence-electron chi connectivity index (χ0n) is 26.7. The molecule has 222 valence electrons. The molecule has 1 aliphatic carbocycles. The van der Waals surface area contributed by atoms with Crippen LogP contribution < -0.4 is 10.6 Å². The van der Waals surface area contributed by atoms with Crippen LogP contribution in [0.4, 0.5) is 0 Å². The molecule has 0 radical (unpaired) electrons. The summed E-state index contributed by atoms with van der Waals surface area (Å²) in [7, 11) is 2.03. The highest BCUT2D eigenvalue weighted by molar-refractivity contribution is 5.94. The lowest BCUT2D eigenvalue weighted by molar-refractivity contribution is 0.0949. The number of rotatable bonds is 11. The number of likely N-dealkylation sites (N-methyl/N-ethyl adjacent to an activating group) is 1.